The number of nitrogens with one attached hydrogen (secondary N) is 1. The molecule has 7 nitrogen and oxygen atoms in total. The monoisotopic (exact) mass is 519 g/mol. The number of esters is 1. The Morgan fingerprint density at radius 1 is 0.886 bits per heavy atom. The SMILES string of the molecule is CC1(C)OB(c2ccc(COC(=O)N[C]3[CH][CH][CH][CH]3)cc2)OC1(C)C.COC(=O)[C]1[CH][CH][CH][CH]1.[Fe+2]. The minimum atomic E-state index is -0.471. The molecule has 1 N–H and O–H groups in total. The number of hydrogen-bond donors (Lipinski definition) is 1. The standard InChI is InChI=1S/C19H23BNO4.C7H7O2.Fe/c1-18(2)19(3,4)25-20(24-18)15-11-9-14(10-12-15)13-23-17(22)21-16-7-5-6-8-16;1-9-7(8)6-4-2-3-5-6;/h5-12H,13H2,1-4H3,(H,21,22);2-5H,1H3;/q;;+2. The van der Waals surface area contributed by atoms with E-state index in [0.717, 1.165) is 17.1 Å². The van der Waals surface area contributed by atoms with Crippen molar-refractivity contribution < 1.29 is 45.4 Å². The largest absolute Gasteiger partial charge is 2.00 e. The maximum Gasteiger partial charge on any atom is 2.00 e. The van der Waals surface area contributed by atoms with E-state index in [9.17, 15) is 9.59 Å². The Morgan fingerprint density at radius 2 is 1.40 bits per heavy atom. The zero-order valence-corrected chi connectivity index (χ0v) is 21.6. The summed E-state index contributed by atoms with van der Waals surface area (Å²) in [5, 5.41) is 2.67. The van der Waals surface area contributed by atoms with Gasteiger partial charge in [-0.25, -0.2) is 4.79 Å². The molecule has 3 fully saturated rings. The van der Waals surface area contributed by atoms with Gasteiger partial charge in [-0.05, 0) is 90.1 Å². The van der Waals surface area contributed by atoms with Gasteiger partial charge in [-0.2, -0.15) is 0 Å². The molecule has 1 aliphatic heterocycles. The fourth-order valence-electron chi connectivity index (χ4n) is 3.14. The molecule has 1 amide bonds. The third-order valence-electron chi connectivity index (χ3n) is 5.87. The molecule has 2 aliphatic carbocycles. The number of hydrogen-bond acceptors (Lipinski definition) is 6. The van der Waals surface area contributed by atoms with Crippen LogP contribution in [0.1, 0.15) is 33.3 Å². The minimum absolute atomic E-state index is 0. The summed E-state index contributed by atoms with van der Waals surface area (Å²) in [6, 6.07) is 8.43. The van der Waals surface area contributed by atoms with E-state index in [1.165, 1.54) is 7.11 Å². The van der Waals surface area contributed by atoms with Crippen LogP contribution < -0.4 is 10.8 Å². The Hall–Kier alpha value is -1.54. The molecule has 35 heavy (non-hydrogen) atoms. The fraction of sp³-hybridized carbons (Fsp3) is 0.308. The van der Waals surface area contributed by atoms with Crippen molar-refractivity contribution in [3.8, 4) is 0 Å². The maximum atomic E-state index is 11.7. The number of methoxy groups -OCH3 is 1. The quantitative estimate of drug-likeness (QED) is 0.476. The first-order chi connectivity index (χ1) is 16.1. The number of alkyl carbamates (subject to hydrolysis) is 1. The van der Waals surface area contributed by atoms with E-state index in [4.69, 9.17) is 14.0 Å². The molecule has 0 aromatic heterocycles. The van der Waals surface area contributed by atoms with Crippen molar-refractivity contribution in [1.82, 2.24) is 5.32 Å². The minimum Gasteiger partial charge on any atom is -0.469 e. The van der Waals surface area contributed by atoms with Crippen LogP contribution in [0.2, 0.25) is 0 Å². The van der Waals surface area contributed by atoms with Gasteiger partial charge in [0.1, 0.15) is 6.61 Å². The predicted octanol–water partition coefficient (Wildman–Crippen LogP) is 3.14. The second-order valence-corrected chi connectivity index (χ2v) is 8.87. The van der Waals surface area contributed by atoms with Crippen LogP contribution in [0.5, 0.6) is 0 Å². The van der Waals surface area contributed by atoms with Gasteiger partial charge in [0, 0.05) is 0 Å². The third-order valence-corrected chi connectivity index (χ3v) is 5.87. The van der Waals surface area contributed by atoms with E-state index in [1.54, 1.807) is 38.5 Å². The van der Waals surface area contributed by atoms with Gasteiger partial charge in [0.2, 0.25) is 0 Å². The van der Waals surface area contributed by atoms with Crippen LogP contribution >= 0.6 is 0 Å². The van der Waals surface area contributed by atoms with E-state index in [2.05, 4.69) is 10.1 Å². The molecule has 0 bridgehead atoms. The van der Waals surface area contributed by atoms with Crippen molar-refractivity contribution >= 4 is 24.6 Å². The number of carbonyl (C=O) groups is 2. The second-order valence-electron chi connectivity index (χ2n) is 8.87. The van der Waals surface area contributed by atoms with Crippen molar-refractivity contribution in [2.45, 2.75) is 45.5 Å². The molecule has 9 heteroatoms. The molecule has 1 aromatic rings. The van der Waals surface area contributed by atoms with E-state index >= 15 is 0 Å². The summed E-state index contributed by atoms with van der Waals surface area (Å²) in [4.78, 5) is 22.4. The van der Waals surface area contributed by atoms with Gasteiger partial charge in [0.25, 0.3) is 0 Å². The molecule has 0 unspecified atom stereocenters. The number of amides is 1. The van der Waals surface area contributed by atoms with Crippen molar-refractivity contribution in [1.29, 1.82) is 0 Å². The average molecular weight is 519 g/mol. The normalized spacial score (nSPS) is 21.0. The van der Waals surface area contributed by atoms with Crippen LogP contribution in [0, 0.1) is 63.3 Å². The van der Waals surface area contributed by atoms with Crippen LogP contribution in [0.15, 0.2) is 24.3 Å². The smallest absolute Gasteiger partial charge is 0.469 e. The second kappa shape index (κ2) is 13.1. The zero-order chi connectivity index (χ0) is 24.8. The first kappa shape index (κ1) is 29.7. The summed E-state index contributed by atoms with van der Waals surface area (Å²) in [6.45, 7) is 8.32. The summed E-state index contributed by atoms with van der Waals surface area (Å²) in [6.07, 6.45) is 13.9. The first-order valence-electron chi connectivity index (χ1n) is 11.0. The Morgan fingerprint density at radius 3 is 1.91 bits per heavy atom. The fourth-order valence-corrected chi connectivity index (χ4v) is 3.14. The van der Waals surface area contributed by atoms with Gasteiger partial charge in [-0.15, -0.1) is 0 Å². The zero-order valence-electron chi connectivity index (χ0n) is 20.5. The molecule has 184 valence electrons. The van der Waals surface area contributed by atoms with Crippen LogP contribution in [0.25, 0.3) is 0 Å². The van der Waals surface area contributed by atoms with E-state index in [-0.39, 0.29) is 48.0 Å². The van der Waals surface area contributed by atoms with Crippen LogP contribution in [-0.2, 0) is 47.3 Å². The summed E-state index contributed by atoms with van der Waals surface area (Å²) in [5.74, 6) is 0.331. The Balaban J connectivity index is 0.000000366. The predicted molar refractivity (Wildman–Crippen MR) is 128 cm³/mol. The average Bonchev–Trinajstić information content (AvgIpc) is 3.55. The Kier molecular flexibility index (Phi) is 11.1. The van der Waals surface area contributed by atoms with Gasteiger partial charge in [-0.1, -0.05) is 24.3 Å². The summed E-state index contributed by atoms with van der Waals surface area (Å²) >= 11 is 0. The topological polar surface area (TPSA) is 83.1 Å². The van der Waals surface area contributed by atoms with Gasteiger partial charge >= 0.3 is 36.2 Å². The van der Waals surface area contributed by atoms with E-state index in [0.29, 0.717) is 5.92 Å². The summed E-state index contributed by atoms with van der Waals surface area (Å²) in [7, 11) is 0.982. The Bertz CT molecular complexity index is 804. The Labute approximate surface area is 221 Å². The summed E-state index contributed by atoms with van der Waals surface area (Å²) < 4.78 is 21.7. The molecule has 10 radical (unpaired) electrons. The summed E-state index contributed by atoms with van der Waals surface area (Å²) in [5.41, 5.74) is 1.12. The molecule has 3 aliphatic rings. The molecule has 0 spiro atoms. The van der Waals surface area contributed by atoms with Crippen molar-refractivity contribution in [3.05, 3.63) is 93.2 Å². The molecular formula is C26H30BFeNO6+2. The van der Waals surface area contributed by atoms with Crippen molar-refractivity contribution in [3.63, 3.8) is 0 Å². The van der Waals surface area contributed by atoms with Crippen LogP contribution in [-0.4, -0.2) is 37.5 Å². The molecule has 1 heterocycles. The third kappa shape index (κ3) is 8.24. The van der Waals surface area contributed by atoms with E-state index < -0.39 is 6.09 Å². The van der Waals surface area contributed by atoms with Gasteiger partial charge < -0.3 is 24.1 Å². The van der Waals surface area contributed by atoms with E-state index in [1.807, 2.05) is 64.8 Å². The van der Waals surface area contributed by atoms with Gasteiger partial charge in [-0.3, -0.25) is 4.79 Å². The maximum absolute atomic E-state index is 11.7. The number of benzene rings is 1. The molecular weight excluding hydrogens is 489 g/mol. The van der Waals surface area contributed by atoms with Crippen LogP contribution in [0.3, 0.4) is 0 Å². The number of carbonyl (C=O) groups excluding carboxylic acids is 2. The molecule has 4 rings (SSSR count). The first-order valence-corrected chi connectivity index (χ1v) is 11.0. The molecule has 1 saturated heterocycles. The molecule has 1 aromatic carbocycles. The number of ether oxygens (including phenoxy) is 2. The van der Waals surface area contributed by atoms with Crippen molar-refractivity contribution in [2.75, 3.05) is 7.11 Å². The van der Waals surface area contributed by atoms with Crippen molar-refractivity contribution in [2.24, 2.45) is 0 Å². The number of rotatable bonds is 5. The molecule has 2 saturated carbocycles. The molecule has 0 atom stereocenters. The van der Waals surface area contributed by atoms with Gasteiger partial charge in [0.05, 0.1) is 30.3 Å². The van der Waals surface area contributed by atoms with Crippen LogP contribution in [0.4, 0.5) is 4.79 Å². The van der Waals surface area contributed by atoms with Gasteiger partial charge in [0.15, 0.2) is 0 Å².